The predicted molar refractivity (Wildman–Crippen MR) is 102 cm³/mol. The molecule has 0 aliphatic heterocycles. The van der Waals surface area contributed by atoms with Crippen LogP contribution in [0.3, 0.4) is 0 Å². The van der Waals surface area contributed by atoms with Gasteiger partial charge in [-0.05, 0) is 37.4 Å². The molecule has 2 rings (SSSR count). The van der Waals surface area contributed by atoms with Crippen LogP contribution < -0.4 is 4.74 Å². The van der Waals surface area contributed by atoms with Gasteiger partial charge in [0.1, 0.15) is 18.5 Å². The molecule has 24 heavy (non-hydrogen) atoms. The summed E-state index contributed by atoms with van der Waals surface area (Å²) in [7, 11) is 0. The molecule has 0 fully saturated rings. The largest absolute Gasteiger partial charge is 0.490 e. The third-order valence-corrected chi connectivity index (χ3v) is 4.31. The Kier molecular flexibility index (Phi) is 8.06. The number of aliphatic hydroxyl groups excluding tert-OH is 1. The predicted octanol–water partition coefficient (Wildman–Crippen LogP) is 4.48. The molecule has 0 aromatic heterocycles. The minimum absolute atomic E-state index is 0.336. The van der Waals surface area contributed by atoms with Crippen LogP contribution >= 0.6 is 0 Å². The van der Waals surface area contributed by atoms with Gasteiger partial charge in [-0.15, -0.1) is 0 Å². The number of hydrogen-bond acceptors (Lipinski definition) is 3. The van der Waals surface area contributed by atoms with Crippen molar-refractivity contribution < 1.29 is 9.84 Å². The maximum Gasteiger partial charge on any atom is 0.127 e. The first kappa shape index (κ1) is 18.8. The molecule has 3 nitrogen and oxygen atoms in total. The SMILES string of the molecule is CCCCN(CCCC)CC(O)COc1cccc2ccccc12. The van der Waals surface area contributed by atoms with Crippen molar-refractivity contribution in [3.8, 4) is 5.75 Å². The van der Waals surface area contributed by atoms with Crippen molar-refractivity contribution in [3.05, 3.63) is 42.5 Å². The zero-order valence-electron chi connectivity index (χ0n) is 15.1. The number of rotatable bonds is 11. The minimum atomic E-state index is -0.460. The van der Waals surface area contributed by atoms with Gasteiger partial charge in [0, 0.05) is 11.9 Å². The Balaban J connectivity index is 1.89. The van der Waals surface area contributed by atoms with Crippen LogP contribution in [0.15, 0.2) is 42.5 Å². The van der Waals surface area contributed by atoms with E-state index in [1.165, 1.54) is 25.7 Å². The fraction of sp³-hybridized carbons (Fsp3) is 0.524. The maximum absolute atomic E-state index is 10.4. The van der Waals surface area contributed by atoms with Crippen LogP contribution in [0.4, 0.5) is 0 Å². The van der Waals surface area contributed by atoms with Crippen molar-refractivity contribution in [1.82, 2.24) is 4.90 Å². The highest BCUT2D eigenvalue weighted by Crippen LogP contribution is 2.25. The minimum Gasteiger partial charge on any atom is -0.490 e. The monoisotopic (exact) mass is 329 g/mol. The number of ether oxygens (including phenoxy) is 1. The first-order valence-electron chi connectivity index (χ1n) is 9.25. The first-order valence-corrected chi connectivity index (χ1v) is 9.25. The van der Waals surface area contributed by atoms with E-state index in [2.05, 4.69) is 36.9 Å². The number of nitrogens with zero attached hydrogens (tertiary/aromatic N) is 1. The average molecular weight is 329 g/mol. The average Bonchev–Trinajstić information content (AvgIpc) is 2.62. The highest BCUT2D eigenvalue weighted by molar-refractivity contribution is 5.88. The van der Waals surface area contributed by atoms with Crippen LogP contribution in [0, 0.1) is 0 Å². The van der Waals surface area contributed by atoms with E-state index >= 15 is 0 Å². The number of hydrogen-bond donors (Lipinski definition) is 1. The lowest BCUT2D eigenvalue weighted by atomic mass is 10.1. The zero-order chi connectivity index (χ0) is 17.2. The summed E-state index contributed by atoms with van der Waals surface area (Å²) >= 11 is 0. The third-order valence-electron chi connectivity index (χ3n) is 4.31. The van der Waals surface area contributed by atoms with Crippen LogP contribution in [0.1, 0.15) is 39.5 Å². The second-order valence-corrected chi connectivity index (χ2v) is 6.45. The summed E-state index contributed by atoms with van der Waals surface area (Å²) in [5.74, 6) is 0.848. The van der Waals surface area contributed by atoms with Crippen LogP contribution in [0.2, 0.25) is 0 Å². The first-order chi connectivity index (χ1) is 11.7. The van der Waals surface area contributed by atoms with E-state index in [-0.39, 0.29) is 0 Å². The topological polar surface area (TPSA) is 32.7 Å². The molecule has 0 heterocycles. The highest BCUT2D eigenvalue weighted by Gasteiger charge is 2.12. The summed E-state index contributed by atoms with van der Waals surface area (Å²) in [6.07, 6.45) is 4.27. The summed E-state index contributed by atoms with van der Waals surface area (Å²) in [5, 5.41) is 12.6. The van der Waals surface area contributed by atoms with E-state index in [0.717, 1.165) is 29.6 Å². The summed E-state index contributed by atoms with van der Waals surface area (Å²) in [6, 6.07) is 14.2. The second kappa shape index (κ2) is 10.3. The molecule has 0 aliphatic carbocycles. The molecule has 1 unspecified atom stereocenters. The lowest BCUT2D eigenvalue weighted by Gasteiger charge is -2.25. The van der Waals surface area contributed by atoms with E-state index < -0.39 is 6.10 Å². The Morgan fingerprint density at radius 2 is 1.62 bits per heavy atom. The molecular weight excluding hydrogens is 298 g/mol. The molecule has 1 atom stereocenters. The molecule has 3 heteroatoms. The highest BCUT2D eigenvalue weighted by atomic mass is 16.5. The van der Waals surface area contributed by atoms with Crippen LogP contribution in [0.5, 0.6) is 5.75 Å². The van der Waals surface area contributed by atoms with E-state index in [1.54, 1.807) is 0 Å². The van der Waals surface area contributed by atoms with Gasteiger partial charge >= 0.3 is 0 Å². The van der Waals surface area contributed by atoms with Crippen molar-refractivity contribution in [2.75, 3.05) is 26.2 Å². The Bertz CT molecular complexity index is 586. The molecule has 2 aromatic carbocycles. The molecule has 0 spiro atoms. The molecule has 132 valence electrons. The van der Waals surface area contributed by atoms with Gasteiger partial charge in [-0.1, -0.05) is 63.1 Å². The van der Waals surface area contributed by atoms with Gasteiger partial charge in [-0.25, -0.2) is 0 Å². The maximum atomic E-state index is 10.4. The van der Waals surface area contributed by atoms with Crippen LogP contribution in [-0.2, 0) is 0 Å². The van der Waals surface area contributed by atoms with Crippen LogP contribution in [-0.4, -0.2) is 42.4 Å². The number of fused-ring (bicyclic) bond motifs is 1. The lowest BCUT2D eigenvalue weighted by molar-refractivity contribution is 0.0677. The summed E-state index contributed by atoms with van der Waals surface area (Å²) < 4.78 is 5.91. The molecular formula is C21H31NO2. The number of aliphatic hydroxyl groups is 1. The van der Waals surface area contributed by atoms with Crippen molar-refractivity contribution >= 4 is 10.8 Å². The van der Waals surface area contributed by atoms with Gasteiger partial charge in [-0.2, -0.15) is 0 Å². The molecule has 0 saturated carbocycles. The van der Waals surface area contributed by atoms with Gasteiger partial charge < -0.3 is 14.7 Å². The molecule has 1 N–H and O–H groups in total. The summed E-state index contributed by atoms with van der Waals surface area (Å²) in [5.41, 5.74) is 0. The Morgan fingerprint density at radius 3 is 2.33 bits per heavy atom. The van der Waals surface area contributed by atoms with Gasteiger partial charge in [0.05, 0.1) is 0 Å². The van der Waals surface area contributed by atoms with Gasteiger partial charge in [0.25, 0.3) is 0 Å². The summed E-state index contributed by atoms with van der Waals surface area (Å²) in [6.45, 7) is 7.55. The standard InChI is InChI=1S/C21H31NO2/c1-3-5-14-22(15-6-4-2)16-19(23)17-24-21-13-9-11-18-10-7-8-12-20(18)21/h7-13,19,23H,3-6,14-17H2,1-2H3. The van der Waals surface area contributed by atoms with Gasteiger partial charge in [0.15, 0.2) is 0 Å². The van der Waals surface area contributed by atoms with E-state index in [1.807, 2.05) is 24.3 Å². The number of benzene rings is 2. The molecule has 0 radical (unpaired) electrons. The molecule has 0 aliphatic rings. The Hall–Kier alpha value is -1.58. The quantitative estimate of drug-likeness (QED) is 0.659. The third kappa shape index (κ3) is 5.81. The summed E-state index contributed by atoms with van der Waals surface area (Å²) in [4.78, 5) is 2.37. The van der Waals surface area contributed by atoms with Gasteiger partial charge in [-0.3, -0.25) is 0 Å². The van der Waals surface area contributed by atoms with E-state index in [9.17, 15) is 5.11 Å². The molecule has 2 aromatic rings. The smallest absolute Gasteiger partial charge is 0.127 e. The van der Waals surface area contributed by atoms with Crippen molar-refractivity contribution in [2.45, 2.75) is 45.6 Å². The van der Waals surface area contributed by atoms with Crippen molar-refractivity contribution in [1.29, 1.82) is 0 Å². The Morgan fingerprint density at radius 1 is 0.958 bits per heavy atom. The molecule has 0 saturated heterocycles. The van der Waals surface area contributed by atoms with Crippen LogP contribution in [0.25, 0.3) is 10.8 Å². The fourth-order valence-electron chi connectivity index (χ4n) is 2.92. The Labute approximate surface area is 146 Å². The van der Waals surface area contributed by atoms with E-state index in [4.69, 9.17) is 4.74 Å². The molecule has 0 amide bonds. The van der Waals surface area contributed by atoms with E-state index in [0.29, 0.717) is 13.2 Å². The zero-order valence-corrected chi connectivity index (χ0v) is 15.1. The fourth-order valence-corrected chi connectivity index (χ4v) is 2.92. The lowest BCUT2D eigenvalue weighted by Crippen LogP contribution is -2.36. The van der Waals surface area contributed by atoms with Crippen molar-refractivity contribution in [2.24, 2.45) is 0 Å². The van der Waals surface area contributed by atoms with Gasteiger partial charge in [0.2, 0.25) is 0 Å². The van der Waals surface area contributed by atoms with Crippen molar-refractivity contribution in [3.63, 3.8) is 0 Å². The second-order valence-electron chi connectivity index (χ2n) is 6.45. The number of unbranched alkanes of at least 4 members (excludes halogenated alkanes) is 2. The molecule has 0 bridgehead atoms. The normalized spacial score (nSPS) is 12.7.